The van der Waals surface area contributed by atoms with Gasteiger partial charge in [-0.15, -0.1) is 0 Å². The number of carbonyl (C=O) groups is 1. The Hall–Kier alpha value is -1.87. The van der Waals surface area contributed by atoms with E-state index in [9.17, 15) is 9.18 Å². The maximum atomic E-state index is 12.8. The maximum absolute atomic E-state index is 12.8. The minimum Gasteiger partial charge on any atom is -0.312 e. The molecular weight excluding hydrogens is 289 g/mol. The molecule has 0 aliphatic carbocycles. The number of benzene rings is 2. The van der Waals surface area contributed by atoms with Crippen LogP contribution in [0, 0.1) is 5.82 Å². The predicted octanol–water partition coefficient (Wildman–Crippen LogP) is 4.00. The zero-order chi connectivity index (χ0) is 14.8. The third-order valence-electron chi connectivity index (χ3n) is 3.81. The van der Waals surface area contributed by atoms with Crippen molar-refractivity contribution in [2.24, 2.45) is 0 Å². The Morgan fingerprint density at radius 3 is 2.71 bits per heavy atom. The molecule has 0 radical (unpaired) electrons. The first-order valence-electron chi connectivity index (χ1n) is 6.97. The highest BCUT2D eigenvalue weighted by Crippen LogP contribution is 2.33. The number of anilines is 1. The van der Waals surface area contributed by atoms with Crippen LogP contribution in [-0.2, 0) is 17.6 Å². The highest BCUT2D eigenvalue weighted by atomic mass is 35.5. The number of carbonyl (C=O) groups excluding carboxylic acids is 1. The van der Waals surface area contributed by atoms with Gasteiger partial charge in [-0.3, -0.25) is 4.79 Å². The van der Waals surface area contributed by atoms with E-state index < -0.39 is 0 Å². The van der Waals surface area contributed by atoms with Crippen molar-refractivity contribution in [1.82, 2.24) is 0 Å². The second kappa shape index (κ2) is 5.86. The molecule has 1 amide bonds. The van der Waals surface area contributed by atoms with Gasteiger partial charge in [0.25, 0.3) is 0 Å². The summed E-state index contributed by atoms with van der Waals surface area (Å²) in [6.07, 6.45) is 1.83. The zero-order valence-corrected chi connectivity index (χ0v) is 12.2. The van der Waals surface area contributed by atoms with Crippen molar-refractivity contribution in [3.8, 4) is 0 Å². The first kappa shape index (κ1) is 14.1. The summed E-state index contributed by atoms with van der Waals surface area (Å²) in [5.74, 6) is -0.173. The Bertz CT molecular complexity index is 669. The lowest BCUT2D eigenvalue weighted by Crippen LogP contribution is -2.29. The average Bonchev–Trinajstić information content (AvgIpc) is 2.92. The smallest absolute Gasteiger partial charge is 0.227 e. The van der Waals surface area contributed by atoms with Gasteiger partial charge in [0.1, 0.15) is 5.82 Å². The number of nitrogens with zero attached hydrogens (tertiary/aromatic N) is 1. The predicted molar refractivity (Wildman–Crippen MR) is 82.2 cm³/mol. The number of halogens is 2. The molecule has 2 aromatic carbocycles. The molecule has 0 fully saturated rings. The summed E-state index contributed by atoms with van der Waals surface area (Å²) in [6, 6.07) is 11.9. The van der Waals surface area contributed by atoms with Crippen LogP contribution >= 0.6 is 11.6 Å². The van der Waals surface area contributed by atoms with Crippen molar-refractivity contribution >= 4 is 23.2 Å². The fraction of sp³-hybridized carbons (Fsp3) is 0.235. The Balaban J connectivity index is 1.68. The second-order valence-electron chi connectivity index (χ2n) is 5.16. The number of fused-ring (bicyclic) bond motifs is 1. The Kier molecular flexibility index (Phi) is 3.93. The van der Waals surface area contributed by atoms with Crippen molar-refractivity contribution in [2.75, 3.05) is 11.4 Å². The van der Waals surface area contributed by atoms with Crippen LogP contribution in [0.1, 0.15) is 17.5 Å². The number of hydrogen-bond acceptors (Lipinski definition) is 1. The van der Waals surface area contributed by atoms with Gasteiger partial charge in [-0.2, -0.15) is 0 Å². The fourth-order valence-electron chi connectivity index (χ4n) is 2.69. The molecule has 0 saturated heterocycles. The molecular formula is C17H15ClFNO. The monoisotopic (exact) mass is 303 g/mol. The van der Waals surface area contributed by atoms with Gasteiger partial charge in [-0.1, -0.05) is 29.8 Å². The van der Waals surface area contributed by atoms with E-state index in [1.165, 1.54) is 12.1 Å². The molecule has 0 atom stereocenters. The molecule has 1 aliphatic rings. The van der Waals surface area contributed by atoms with Gasteiger partial charge in [-0.25, -0.2) is 4.39 Å². The Labute approximate surface area is 128 Å². The first-order chi connectivity index (χ1) is 10.1. The third kappa shape index (κ3) is 2.93. The molecule has 1 aliphatic heterocycles. The minimum absolute atomic E-state index is 0.0836. The summed E-state index contributed by atoms with van der Waals surface area (Å²) in [5, 5.41) is 0.723. The van der Waals surface area contributed by atoms with Gasteiger partial charge in [0.2, 0.25) is 5.91 Å². The van der Waals surface area contributed by atoms with E-state index in [1.807, 2.05) is 18.2 Å². The first-order valence-corrected chi connectivity index (χ1v) is 7.35. The van der Waals surface area contributed by atoms with Gasteiger partial charge in [0.15, 0.2) is 0 Å². The van der Waals surface area contributed by atoms with E-state index in [1.54, 1.807) is 17.0 Å². The molecule has 2 aromatic rings. The van der Waals surface area contributed by atoms with Crippen LogP contribution in [0.3, 0.4) is 0 Å². The second-order valence-corrected chi connectivity index (χ2v) is 5.57. The van der Waals surface area contributed by atoms with Crippen molar-refractivity contribution in [1.29, 1.82) is 0 Å². The molecule has 0 aromatic heterocycles. The normalized spacial score (nSPS) is 13.3. The molecule has 0 bridgehead atoms. The third-order valence-corrected chi connectivity index (χ3v) is 4.17. The van der Waals surface area contributed by atoms with E-state index in [0.29, 0.717) is 19.4 Å². The zero-order valence-electron chi connectivity index (χ0n) is 11.5. The molecule has 3 rings (SSSR count). The van der Waals surface area contributed by atoms with Gasteiger partial charge < -0.3 is 4.90 Å². The Morgan fingerprint density at radius 2 is 1.95 bits per heavy atom. The fourth-order valence-corrected chi connectivity index (χ4v) is 2.95. The van der Waals surface area contributed by atoms with Crippen LogP contribution in [0.5, 0.6) is 0 Å². The number of amides is 1. The summed E-state index contributed by atoms with van der Waals surface area (Å²) in [6.45, 7) is 0.682. The minimum atomic E-state index is -0.256. The molecule has 0 N–H and O–H groups in total. The van der Waals surface area contributed by atoms with Gasteiger partial charge in [-0.05, 0) is 48.2 Å². The number of hydrogen-bond donors (Lipinski definition) is 0. The van der Waals surface area contributed by atoms with E-state index >= 15 is 0 Å². The lowest BCUT2D eigenvalue weighted by molar-refractivity contribution is -0.118. The van der Waals surface area contributed by atoms with Gasteiger partial charge in [0.05, 0.1) is 0 Å². The largest absolute Gasteiger partial charge is 0.312 e. The van der Waals surface area contributed by atoms with Crippen molar-refractivity contribution in [3.63, 3.8) is 0 Å². The van der Waals surface area contributed by atoms with Crippen molar-refractivity contribution < 1.29 is 9.18 Å². The standard InChI is InChI=1S/C17H15ClFNO/c18-15-2-1-3-16-14(15)10-11-20(16)17(21)9-6-12-4-7-13(19)8-5-12/h1-5,7-8H,6,9-11H2. The SMILES string of the molecule is O=C(CCc1ccc(F)cc1)N1CCc2c(Cl)cccc21. The van der Waals surface area contributed by atoms with Gasteiger partial charge >= 0.3 is 0 Å². The summed E-state index contributed by atoms with van der Waals surface area (Å²) >= 11 is 6.15. The Morgan fingerprint density at radius 1 is 1.19 bits per heavy atom. The summed E-state index contributed by atoms with van der Waals surface area (Å²) < 4.78 is 12.8. The molecule has 108 valence electrons. The quantitative estimate of drug-likeness (QED) is 0.839. The average molecular weight is 304 g/mol. The van der Waals surface area contributed by atoms with Crippen LogP contribution in [0.15, 0.2) is 42.5 Å². The molecule has 2 nitrogen and oxygen atoms in total. The number of aryl methyl sites for hydroxylation is 1. The molecule has 0 saturated carbocycles. The van der Waals surface area contributed by atoms with Crippen LogP contribution in [0.4, 0.5) is 10.1 Å². The summed E-state index contributed by atoms with van der Waals surface area (Å²) in [4.78, 5) is 14.2. The van der Waals surface area contributed by atoms with E-state index in [4.69, 9.17) is 11.6 Å². The highest BCUT2D eigenvalue weighted by Gasteiger charge is 2.25. The van der Waals surface area contributed by atoms with Crippen molar-refractivity contribution in [3.05, 3.63) is 64.4 Å². The van der Waals surface area contributed by atoms with Crippen LogP contribution in [0.25, 0.3) is 0 Å². The van der Waals surface area contributed by atoms with Crippen LogP contribution in [-0.4, -0.2) is 12.5 Å². The molecule has 4 heteroatoms. The van der Waals surface area contributed by atoms with Crippen molar-refractivity contribution in [2.45, 2.75) is 19.3 Å². The topological polar surface area (TPSA) is 20.3 Å². The lowest BCUT2D eigenvalue weighted by atomic mass is 10.1. The maximum Gasteiger partial charge on any atom is 0.227 e. The van der Waals surface area contributed by atoms with E-state index in [0.717, 1.165) is 28.3 Å². The lowest BCUT2D eigenvalue weighted by Gasteiger charge is -2.17. The van der Waals surface area contributed by atoms with Gasteiger partial charge in [0, 0.05) is 23.7 Å². The van der Waals surface area contributed by atoms with Crippen LogP contribution < -0.4 is 4.90 Å². The summed E-state index contributed by atoms with van der Waals surface area (Å²) in [5.41, 5.74) is 2.94. The molecule has 0 spiro atoms. The molecule has 0 unspecified atom stereocenters. The van der Waals surface area contributed by atoms with E-state index in [2.05, 4.69) is 0 Å². The van der Waals surface area contributed by atoms with E-state index in [-0.39, 0.29) is 11.7 Å². The van der Waals surface area contributed by atoms with Crippen LogP contribution in [0.2, 0.25) is 5.02 Å². The highest BCUT2D eigenvalue weighted by molar-refractivity contribution is 6.32. The number of rotatable bonds is 3. The molecule has 21 heavy (non-hydrogen) atoms. The molecule has 1 heterocycles. The summed E-state index contributed by atoms with van der Waals surface area (Å²) in [7, 11) is 0.